The average Bonchev–Trinajstić information content (AvgIpc) is 2.89. The minimum atomic E-state index is -2.52. The molecule has 0 aromatic heterocycles. The summed E-state index contributed by atoms with van der Waals surface area (Å²) in [4.78, 5) is 0. The minimum absolute atomic E-state index is 0.336. The first-order chi connectivity index (χ1) is 15.7. The number of hydrogen-bond donors (Lipinski definition) is 0. The molecule has 0 N–H and O–H groups in total. The van der Waals surface area contributed by atoms with Crippen LogP contribution in [-0.4, -0.2) is 16.1 Å². The maximum absolute atomic E-state index is 7.02. The normalized spacial score (nSPS) is 12.2. The first-order valence-electron chi connectivity index (χ1n) is 10.2. The second kappa shape index (κ2) is 12.1. The Bertz CT molecular complexity index is 1060. The molecule has 0 fully saturated rings. The van der Waals surface area contributed by atoms with Gasteiger partial charge in [-0.1, -0.05) is 0 Å². The van der Waals surface area contributed by atoms with Gasteiger partial charge in [0.15, 0.2) is 0 Å². The van der Waals surface area contributed by atoms with Gasteiger partial charge in [-0.2, -0.15) is 0 Å². The van der Waals surface area contributed by atoms with Crippen molar-refractivity contribution in [3.05, 3.63) is 121 Å². The summed E-state index contributed by atoms with van der Waals surface area (Å²) in [7, 11) is 11.5. The van der Waals surface area contributed by atoms with Crippen molar-refractivity contribution in [2.45, 2.75) is 5.21 Å². The van der Waals surface area contributed by atoms with E-state index in [0.29, 0.717) is 0 Å². The van der Waals surface area contributed by atoms with Gasteiger partial charge in [0.1, 0.15) is 0 Å². The fraction of sp³-hybridized carbons (Fsp3) is 0.0769. The molecule has 0 nitrogen and oxygen atoms in total. The van der Waals surface area contributed by atoms with Gasteiger partial charge < -0.3 is 0 Å². The van der Waals surface area contributed by atoms with E-state index in [9.17, 15) is 0 Å². The van der Waals surface area contributed by atoms with Crippen molar-refractivity contribution in [2.24, 2.45) is 0 Å². The zero-order valence-electron chi connectivity index (χ0n) is 17.2. The van der Waals surface area contributed by atoms with Gasteiger partial charge in [-0.3, -0.25) is 0 Å². The first kappa shape index (κ1) is 25.0. The second-order valence-corrected chi connectivity index (χ2v) is 39.6. The molecule has 0 aliphatic heterocycles. The van der Waals surface area contributed by atoms with Gasteiger partial charge >= 0.3 is 218 Å². The molecule has 0 heterocycles. The monoisotopic (exact) mass is 906 g/mol. The molecule has 0 bridgehead atoms. The van der Waals surface area contributed by atoms with Gasteiger partial charge in [0, 0.05) is 0 Å². The van der Waals surface area contributed by atoms with Crippen LogP contribution in [0, 0.1) is 0 Å². The van der Waals surface area contributed by atoms with Crippen molar-refractivity contribution in [3.63, 3.8) is 0 Å². The zero-order chi connectivity index (χ0) is 22.3. The van der Waals surface area contributed by atoms with Gasteiger partial charge in [0.25, 0.3) is 0 Å². The van der Waals surface area contributed by atoms with E-state index in [0.717, 1.165) is 11.4 Å². The number of benzene rings is 4. The standard InChI is InChI=1S/C26H24AsP.2Au.2ClH/c1-5-13-23(14-6-1)27(24-15-7-2-8-16-24)21-22-28(25-17-9-3-10-18-25)26-19-11-4-12-20-26;;;;/h1-20H,21-22H2;;;2*1H/q;2*+1;;/p-2. The van der Waals surface area contributed by atoms with Crippen molar-refractivity contribution >= 4 is 52.4 Å². The average molecular weight is 907 g/mol. The van der Waals surface area contributed by atoms with E-state index in [1.54, 1.807) is 0 Å². The van der Waals surface area contributed by atoms with Crippen LogP contribution in [-0.2, 0) is 33.4 Å². The Kier molecular flexibility index (Phi) is 9.44. The topological polar surface area (TPSA) is 0 Å². The van der Waals surface area contributed by atoms with E-state index in [-0.39, 0.29) is 33.4 Å². The van der Waals surface area contributed by atoms with Gasteiger partial charge in [-0.15, -0.1) is 0 Å². The third-order valence-corrected chi connectivity index (χ3v) is 45.9. The van der Waals surface area contributed by atoms with E-state index in [1.807, 2.05) is 0 Å². The summed E-state index contributed by atoms with van der Waals surface area (Å²) in [5.41, 5.74) is 0. The maximum atomic E-state index is 7.02. The van der Waals surface area contributed by atoms with Crippen LogP contribution >= 0.6 is 23.1 Å². The van der Waals surface area contributed by atoms with Crippen LogP contribution in [0.25, 0.3) is 0 Å². The predicted molar refractivity (Wildman–Crippen MR) is 138 cm³/mol. The van der Waals surface area contributed by atoms with Crippen LogP contribution in [0.15, 0.2) is 121 Å². The molecule has 0 spiro atoms. The van der Waals surface area contributed by atoms with Crippen molar-refractivity contribution in [1.29, 1.82) is 0 Å². The molecule has 6 heteroatoms. The molecule has 0 amide bonds. The quantitative estimate of drug-likeness (QED) is 0.163. The Labute approximate surface area is 216 Å². The van der Waals surface area contributed by atoms with Gasteiger partial charge in [0.05, 0.1) is 0 Å². The predicted octanol–water partition coefficient (Wildman–Crippen LogP) is 5.80. The fourth-order valence-electron chi connectivity index (χ4n) is 3.86. The van der Waals surface area contributed by atoms with Crippen LogP contribution in [0.4, 0.5) is 0 Å². The molecule has 32 heavy (non-hydrogen) atoms. The van der Waals surface area contributed by atoms with Crippen LogP contribution in [0.1, 0.15) is 0 Å². The summed E-state index contributed by atoms with van der Waals surface area (Å²) < 4.78 is 1.30. The fourth-order valence-corrected chi connectivity index (χ4v) is 42.9. The van der Waals surface area contributed by atoms with Gasteiger partial charge in [0.2, 0.25) is 0 Å². The van der Waals surface area contributed by atoms with Crippen LogP contribution in [0.3, 0.4) is 0 Å². The molecule has 0 atom stereocenters. The zero-order valence-corrected chi connectivity index (χ0v) is 25.8. The Hall–Kier alpha value is -0.0710. The molecule has 0 saturated heterocycles. The molecule has 4 aromatic carbocycles. The van der Waals surface area contributed by atoms with E-state index in [2.05, 4.69) is 121 Å². The van der Waals surface area contributed by atoms with Crippen molar-refractivity contribution < 1.29 is 33.4 Å². The van der Waals surface area contributed by atoms with Crippen LogP contribution in [0.5, 0.6) is 0 Å². The van der Waals surface area contributed by atoms with Crippen LogP contribution < -0.4 is 19.3 Å². The Morgan fingerprint density at radius 1 is 0.562 bits per heavy atom. The Morgan fingerprint density at radius 2 is 0.938 bits per heavy atom. The molecule has 0 aliphatic rings. The van der Waals surface area contributed by atoms with Crippen molar-refractivity contribution in [2.75, 3.05) is 6.16 Å². The molecular weight excluding hydrogens is 883 g/mol. The molecule has 0 aliphatic carbocycles. The molecular formula is C26H24AsAu2Cl2P. The number of halogens is 2. The number of hydrogen-bond acceptors (Lipinski definition) is 0. The Balaban J connectivity index is 1.87. The number of rotatable bonds is 7. The summed E-state index contributed by atoms with van der Waals surface area (Å²) in [6, 6.07) is 44.2. The SMILES string of the molecule is [Cl][Au]=[P](CC[As](=[Au][Cl])(c1ccccc1)c1ccccc1)(c1ccccc1)c1ccccc1. The second-order valence-electron chi connectivity index (χ2n) is 7.21. The summed E-state index contributed by atoms with van der Waals surface area (Å²) in [6.45, 7) is 0. The Morgan fingerprint density at radius 3 is 1.28 bits per heavy atom. The third kappa shape index (κ3) is 5.27. The summed E-state index contributed by atoms with van der Waals surface area (Å²) in [5.74, 6) is 0. The third-order valence-electron chi connectivity index (χ3n) is 5.44. The molecule has 4 rings (SSSR count). The summed E-state index contributed by atoms with van der Waals surface area (Å²) in [5, 5.41) is 4.03. The van der Waals surface area contributed by atoms with Crippen molar-refractivity contribution in [1.82, 2.24) is 0 Å². The van der Waals surface area contributed by atoms with E-state index in [1.165, 1.54) is 19.3 Å². The summed E-state index contributed by atoms with van der Waals surface area (Å²) in [6.07, 6.45) is 1.13. The van der Waals surface area contributed by atoms with E-state index < -0.39 is 14.7 Å². The molecule has 4 aromatic rings. The summed E-state index contributed by atoms with van der Waals surface area (Å²) >= 11 is -0.724. The first-order valence-corrected chi connectivity index (χ1v) is 29.0. The molecule has 0 saturated carbocycles. The van der Waals surface area contributed by atoms with E-state index in [4.69, 9.17) is 18.4 Å². The van der Waals surface area contributed by atoms with Gasteiger partial charge in [-0.05, 0) is 0 Å². The van der Waals surface area contributed by atoms with Gasteiger partial charge in [-0.25, -0.2) is 0 Å². The van der Waals surface area contributed by atoms with Crippen molar-refractivity contribution in [3.8, 4) is 0 Å². The molecule has 0 unspecified atom stereocenters. The molecule has 174 valence electrons. The van der Waals surface area contributed by atoms with E-state index >= 15 is 0 Å². The molecule has 0 radical (unpaired) electrons. The van der Waals surface area contributed by atoms with Crippen LogP contribution in [0.2, 0.25) is 5.21 Å².